The van der Waals surface area contributed by atoms with Crippen LogP contribution in [0.15, 0.2) is 12.1 Å². The molecule has 1 fully saturated rings. The van der Waals surface area contributed by atoms with Crippen LogP contribution in [0, 0.1) is 11.2 Å². The summed E-state index contributed by atoms with van der Waals surface area (Å²) < 4.78 is 59.4. The highest BCUT2D eigenvalue weighted by atomic mass is 19.4. The summed E-state index contributed by atoms with van der Waals surface area (Å²) in [5.74, 6) is 0.103. The number of fused-ring (bicyclic) bond motifs is 1. The molecule has 2 aliphatic rings. The molecule has 0 bridgehead atoms. The number of hydrogen-bond donors (Lipinski definition) is 1. The summed E-state index contributed by atoms with van der Waals surface area (Å²) in [6.45, 7) is 3.83. The normalized spacial score (nSPS) is 27.5. The van der Waals surface area contributed by atoms with E-state index in [1.807, 2.05) is 0 Å². The van der Waals surface area contributed by atoms with E-state index in [1.165, 1.54) is 12.1 Å². The third-order valence-electron chi connectivity index (χ3n) is 4.93. The molecule has 1 heterocycles. The fraction of sp³-hybridized carbons (Fsp3) is 0.625. The lowest BCUT2D eigenvalue weighted by Crippen LogP contribution is -2.37. The molecule has 2 atom stereocenters. The SMILES string of the molecule is CC(C)(C[C@@]1(C(F)(F)F)C[C@@H]1N)c1cc(F)cc2c1OCC2. The van der Waals surface area contributed by atoms with Crippen molar-refractivity contribution in [3.05, 3.63) is 29.1 Å². The van der Waals surface area contributed by atoms with Gasteiger partial charge in [-0.3, -0.25) is 0 Å². The first-order valence-electron chi connectivity index (χ1n) is 7.35. The van der Waals surface area contributed by atoms with E-state index < -0.39 is 28.9 Å². The second-order valence-electron chi connectivity index (χ2n) is 7.07. The smallest absolute Gasteiger partial charge is 0.396 e. The predicted octanol–water partition coefficient (Wildman–Crippen LogP) is 3.71. The predicted molar refractivity (Wildman–Crippen MR) is 74.3 cm³/mol. The largest absolute Gasteiger partial charge is 0.493 e. The van der Waals surface area contributed by atoms with Gasteiger partial charge in [-0.1, -0.05) is 13.8 Å². The molecule has 0 aromatic heterocycles. The molecule has 0 spiro atoms. The molecule has 2 N–H and O–H groups in total. The van der Waals surface area contributed by atoms with E-state index in [2.05, 4.69) is 0 Å². The Morgan fingerprint density at radius 3 is 2.50 bits per heavy atom. The Bertz CT molecular complexity index is 611. The second kappa shape index (κ2) is 4.60. The standard InChI is InChI=1S/C16H19F4NO/c1-14(2,8-15(7-12(15)21)16(18,19)20)11-6-10(17)5-9-3-4-22-13(9)11/h5-6,12H,3-4,7-8,21H2,1-2H3/t12-,15-/m0/s1. The first-order valence-corrected chi connectivity index (χ1v) is 7.35. The molecule has 0 radical (unpaired) electrons. The molecule has 1 aliphatic heterocycles. The summed E-state index contributed by atoms with van der Waals surface area (Å²) in [7, 11) is 0. The zero-order valence-electron chi connectivity index (χ0n) is 12.6. The van der Waals surface area contributed by atoms with Gasteiger partial charge in [-0.25, -0.2) is 4.39 Å². The van der Waals surface area contributed by atoms with Crippen molar-refractivity contribution in [1.82, 2.24) is 0 Å². The van der Waals surface area contributed by atoms with Crippen molar-refractivity contribution in [1.29, 1.82) is 0 Å². The molecule has 0 amide bonds. The maximum atomic E-state index is 13.8. The number of hydrogen-bond acceptors (Lipinski definition) is 2. The van der Waals surface area contributed by atoms with Crippen LogP contribution in [0.1, 0.15) is 37.8 Å². The van der Waals surface area contributed by atoms with Gasteiger partial charge in [-0.05, 0) is 30.4 Å². The maximum absolute atomic E-state index is 13.8. The van der Waals surface area contributed by atoms with Gasteiger partial charge in [0.2, 0.25) is 0 Å². The van der Waals surface area contributed by atoms with Crippen molar-refractivity contribution in [2.24, 2.45) is 11.1 Å². The number of halogens is 4. The summed E-state index contributed by atoms with van der Waals surface area (Å²) >= 11 is 0. The van der Waals surface area contributed by atoms with Gasteiger partial charge < -0.3 is 10.5 Å². The Hall–Kier alpha value is -1.30. The van der Waals surface area contributed by atoms with Crippen LogP contribution in [0.3, 0.4) is 0 Å². The molecule has 22 heavy (non-hydrogen) atoms. The summed E-state index contributed by atoms with van der Waals surface area (Å²) in [4.78, 5) is 0. The lowest BCUT2D eigenvalue weighted by Gasteiger charge is -2.33. The number of alkyl halides is 3. The number of nitrogens with two attached hydrogens (primary N) is 1. The Morgan fingerprint density at radius 2 is 1.95 bits per heavy atom. The van der Waals surface area contributed by atoms with Crippen LogP contribution in [0.5, 0.6) is 5.75 Å². The monoisotopic (exact) mass is 317 g/mol. The van der Waals surface area contributed by atoms with Gasteiger partial charge in [0.1, 0.15) is 11.6 Å². The highest BCUT2D eigenvalue weighted by Crippen LogP contribution is 2.62. The first kappa shape index (κ1) is 15.6. The average Bonchev–Trinajstić information content (AvgIpc) is 2.83. The van der Waals surface area contributed by atoms with Gasteiger partial charge in [-0.2, -0.15) is 13.2 Å². The molecule has 2 nitrogen and oxygen atoms in total. The van der Waals surface area contributed by atoms with Crippen LogP contribution in [0.4, 0.5) is 17.6 Å². The Labute approximate surface area is 126 Å². The van der Waals surface area contributed by atoms with Crippen LogP contribution in [0.25, 0.3) is 0 Å². The maximum Gasteiger partial charge on any atom is 0.396 e. The molecule has 6 heteroatoms. The number of ether oxygens (including phenoxy) is 1. The molecule has 0 saturated heterocycles. The zero-order valence-corrected chi connectivity index (χ0v) is 12.6. The van der Waals surface area contributed by atoms with Crippen molar-refractivity contribution in [2.45, 2.75) is 50.7 Å². The van der Waals surface area contributed by atoms with E-state index in [4.69, 9.17) is 10.5 Å². The molecule has 1 saturated carbocycles. The molecule has 1 aromatic carbocycles. The van der Waals surface area contributed by atoms with Gasteiger partial charge >= 0.3 is 6.18 Å². The summed E-state index contributed by atoms with van der Waals surface area (Å²) in [6, 6.07) is 1.81. The van der Waals surface area contributed by atoms with E-state index in [0.717, 1.165) is 5.56 Å². The average molecular weight is 317 g/mol. The highest BCUT2D eigenvalue weighted by Gasteiger charge is 2.70. The topological polar surface area (TPSA) is 35.2 Å². The summed E-state index contributed by atoms with van der Waals surface area (Å²) in [6.07, 6.45) is -4.00. The lowest BCUT2D eigenvalue weighted by atomic mass is 9.74. The third kappa shape index (κ3) is 2.28. The lowest BCUT2D eigenvalue weighted by molar-refractivity contribution is -0.194. The van der Waals surface area contributed by atoms with E-state index in [0.29, 0.717) is 24.3 Å². The van der Waals surface area contributed by atoms with Crippen molar-refractivity contribution in [3.8, 4) is 5.75 Å². The van der Waals surface area contributed by atoms with E-state index >= 15 is 0 Å². The fourth-order valence-corrected chi connectivity index (χ4v) is 3.62. The Kier molecular flexibility index (Phi) is 3.26. The van der Waals surface area contributed by atoms with Gasteiger partial charge in [0.25, 0.3) is 0 Å². The minimum Gasteiger partial charge on any atom is -0.493 e. The molecule has 1 aliphatic carbocycles. The highest BCUT2D eigenvalue weighted by molar-refractivity contribution is 5.48. The van der Waals surface area contributed by atoms with Gasteiger partial charge in [0, 0.05) is 23.6 Å². The van der Waals surface area contributed by atoms with Crippen molar-refractivity contribution in [3.63, 3.8) is 0 Å². The fourth-order valence-electron chi connectivity index (χ4n) is 3.62. The van der Waals surface area contributed by atoms with Crippen molar-refractivity contribution >= 4 is 0 Å². The van der Waals surface area contributed by atoms with Crippen molar-refractivity contribution in [2.75, 3.05) is 6.61 Å². The molecule has 1 aromatic rings. The summed E-state index contributed by atoms with van der Waals surface area (Å²) in [5.41, 5.74) is 4.08. The van der Waals surface area contributed by atoms with E-state index in [9.17, 15) is 17.6 Å². The summed E-state index contributed by atoms with van der Waals surface area (Å²) in [5, 5.41) is 0. The number of rotatable bonds is 3. The van der Waals surface area contributed by atoms with Crippen molar-refractivity contribution < 1.29 is 22.3 Å². The van der Waals surface area contributed by atoms with Crippen LogP contribution >= 0.6 is 0 Å². The van der Waals surface area contributed by atoms with Gasteiger partial charge in [0.05, 0.1) is 12.0 Å². The quantitative estimate of drug-likeness (QED) is 0.863. The minimum atomic E-state index is -4.35. The van der Waals surface area contributed by atoms with Gasteiger partial charge in [0.15, 0.2) is 0 Å². The Balaban J connectivity index is 1.98. The van der Waals surface area contributed by atoms with E-state index in [-0.39, 0.29) is 12.8 Å². The second-order valence-corrected chi connectivity index (χ2v) is 7.07. The molecule has 0 unspecified atom stereocenters. The van der Waals surface area contributed by atoms with E-state index in [1.54, 1.807) is 13.8 Å². The van der Waals surface area contributed by atoms with Gasteiger partial charge in [-0.15, -0.1) is 0 Å². The van der Waals surface area contributed by atoms with Crippen LogP contribution in [-0.4, -0.2) is 18.8 Å². The molecular weight excluding hydrogens is 298 g/mol. The molecule has 3 rings (SSSR count). The third-order valence-corrected chi connectivity index (χ3v) is 4.93. The molecular formula is C16H19F4NO. The van der Waals surface area contributed by atoms with Crippen LogP contribution < -0.4 is 10.5 Å². The zero-order chi connectivity index (χ0) is 16.3. The van der Waals surface area contributed by atoms with Crippen LogP contribution in [-0.2, 0) is 11.8 Å². The number of benzene rings is 1. The van der Waals surface area contributed by atoms with Crippen LogP contribution in [0.2, 0.25) is 0 Å². The molecule has 122 valence electrons. The minimum absolute atomic E-state index is 0.0711. The first-order chi connectivity index (χ1) is 10.1. The Morgan fingerprint density at radius 1 is 1.32 bits per heavy atom.